The number of sulfonamides is 1. The molecule has 0 fully saturated rings. The molecule has 0 bridgehead atoms. The maximum absolute atomic E-state index is 13.0. The Morgan fingerprint density at radius 2 is 1.84 bits per heavy atom. The average molecular weight is 461 g/mol. The van der Waals surface area contributed by atoms with E-state index in [0.29, 0.717) is 18.2 Å². The maximum atomic E-state index is 13.0. The third-order valence-electron chi connectivity index (χ3n) is 4.72. The van der Waals surface area contributed by atoms with Gasteiger partial charge in [0.2, 0.25) is 10.0 Å². The van der Waals surface area contributed by atoms with Crippen LogP contribution in [0.5, 0.6) is 5.75 Å². The largest absolute Gasteiger partial charge is 0.506 e. The van der Waals surface area contributed by atoms with E-state index in [1.165, 1.54) is 40.5 Å². The van der Waals surface area contributed by atoms with Gasteiger partial charge in [0.1, 0.15) is 11.4 Å². The highest BCUT2D eigenvalue weighted by Crippen LogP contribution is 2.29. The number of amides is 1. The van der Waals surface area contributed by atoms with Crippen molar-refractivity contribution in [2.75, 3.05) is 24.7 Å². The quantitative estimate of drug-likeness (QED) is 0.393. The van der Waals surface area contributed by atoms with Crippen LogP contribution in [-0.2, 0) is 10.0 Å². The Morgan fingerprint density at radius 3 is 2.45 bits per heavy atom. The molecule has 0 aliphatic rings. The third kappa shape index (κ3) is 4.60. The highest BCUT2D eigenvalue weighted by molar-refractivity contribution is 7.98. The lowest BCUT2D eigenvalue weighted by atomic mass is 10.2. The summed E-state index contributed by atoms with van der Waals surface area (Å²) < 4.78 is 28.6. The Bertz CT molecular complexity index is 1170. The van der Waals surface area contributed by atoms with Crippen LogP contribution in [0.1, 0.15) is 24.3 Å². The number of thioether (sulfide) groups is 1. The number of phenols is 1. The van der Waals surface area contributed by atoms with Crippen LogP contribution >= 0.6 is 11.8 Å². The van der Waals surface area contributed by atoms with E-state index in [4.69, 9.17) is 0 Å². The van der Waals surface area contributed by atoms with E-state index in [1.54, 1.807) is 18.4 Å². The number of nitrogens with one attached hydrogen (secondary N) is 1. The van der Waals surface area contributed by atoms with Gasteiger partial charge in [0.25, 0.3) is 5.91 Å². The second kappa shape index (κ2) is 9.54. The molecule has 10 heteroatoms. The lowest BCUT2D eigenvalue weighted by Crippen LogP contribution is -2.30. The van der Waals surface area contributed by atoms with Crippen molar-refractivity contribution in [2.45, 2.75) is 23.9 Å². The van der Waals surface area contributed by atoms with Crippen LogP contribution in [0.3, 0.4) is 0 Å². The summed E-state index contributed by atoms with van der Waals surface area (Å²) in [5, 5.41) is 13.5. The Labute approximate surface area is 186 Å². The fraction of sp³-hybridized carbons (Fsp3) is 0.238. The summed E-state index contributed by atoms with van der Waals surface area (Å²) >= 11 is 1.39. The molecule has 0 unspecified atom stereocenters. The van der Waals surface area contributed by atoms with Gasteiger partial charge in [-0.1, -0.05) is 43.8 Å². The Balaban J connectivity index is 1.98. The summed E-state index contributed by atoms with van der Waals surface area (Å²) in [6.45, 7) is 4.13. The average Bonchev–Trinajstić information content (AvgIpc) is 3.20. The van der Waals surface area contributed by atoms with Gasteiger partial charge in [-0.2, -0.15) is 4.31 Å². The molecule has 0 radical (unpaired) electrons. The number of aromatic hydroxyl groups is 1. The summed E-state index contributed by atoms with van der Waals surface area (Å²) in [7, 11) is -3.74. The summed E-state index contributed by atoms with van der Waals surface area (Å²) in [6.07, 6.45) is 3.30. The molecule has 1 amide bonds. The number of hydrogen-bond donors (Lipinski definition) is 2. The first-order valence-electron chi connectivity index (χ1n) is 9.65. The minimum Gasteiger partial charge on any atom is -0.506 e. The highest BCUT2D eigenvalue weighted by Gasteiger charge is 2.24. The number of benzene rings is 2. The molecule has 3 aromatic rings. The van der Waals surface area contributed by atoms with Crippen LogP contribution in [0, 0.1) is 0 Å². The van der Waals surface area contributed by atoms with Gasteiger partial charge in [-0.15, -0.1) is 0 Å². The van der Waals surface area contributed by atoms with Crippen LogP contribution < -0.4 is 5.32 Å². The standard InChI is InChI=1S/C21H24N4O4S2/c1-4-24(5-2)31(28,29)16-11-12-19(26)17(13-16)23-20(27)18-14-22-21(30-3)25(18)15-9-7-6-8-10-15/h6-14,26H,4-5H2,1-3H3,(H,23,27). The number of imidazole rings is 1. The van der Waals surface area contributed by atoms with Gasteiger partial charge in [0.15, 0.2) is 5.16 Å². The van der Waals surface area contributed by atoms with Crippen molar-refractivity contribution < 1.29 is 18.3 Å². The molecule has 31 heavy (non-hydrogen) atoms. The second-order valence-corrected chi connectivity index (χ2v) is 9.23. The van der Waals surface area contributed by atoms with Gasteiger partial charge in [-0.3, -0.25) is 9.36 Å². The molecule has 2 aromatic carbocycles. The number of phenolic OH excluding ortho intramolecular Hbond substituents is 1. The fourth-order valence-corrected chi connectivity index (χ4v) is 5.17. The molecular weight excluding hydrogens is 436 g/mol. The zero-order chi connectivity index (χ0) is 22.6. The number of hydrogen-bond acceptors (Lipinski definition) is 6. The van der Waals surface area contributed by atoms with E-state index in [0.717, 1.165) is 5.69 Å². The fourth-order valence-electron chi connectivity index (χ4n) is 3.14. The molecule has 0 saturated heterocycles. The van der Waals surface area contributed by atoms with Crippen molar-refractivity contribution in [2.24, 2.45) is 0 Å². The third-order valence-corrected chi connectivity index (χ3v) is 7.42. The SMILES string of the molecule is CCN(CC)S(=O)(=O)c1ccc(O)c(NC(=O)c2cnc(SC)n2-c2ccccc2)c1. The molecule has 1 heterocycles. The molecule has 164 valence electrons. The van der Waals surface area contributed by atoms with E-state index in [1.807, 2.05) is 36.6 Å². The summed E-state index contributed by atoms with van der Waals surface area (Å²) in [5.41, 5.74) is 1.02. The Hall–Kier alpha value is -2.82. The Kier molecular flexibility index (Phi) is 7.04. The van der Waals surface area contributed by atoms with E-state index in [2.05, 4.69) is 10.3 Å². The van der Waals surface area contributed by atoms with E-state index in [9.17, 15) is 18.3 Å². The predicted octanol–water partition coefficient (Wildman–Crippen LogP) is 3.58. The highest BCUT2D eigenvalue weighted by atomic mass is 32.2. The number of nitrogens with zero attached hydrogens (tertiary/aromatic N) is 3. The van der Waals surface area contributed by atoms with Crippen molar-refractivity contribution >= 4 is 33.4 Å². The normalized spacial score (nSPS) is 11.6. The first kappa shape index (κ1) is 22.9. The van der Waals surface area contributed by atoms with E-state index < -0.39 is 15.9 Å². The van der Waals surface area contributed by atoms with Crippen LogP contribution in [0.15, 0.2) is 64.8 Å². The van der Waals surface area contributed by atoms with Crippen LogP contribution in [0.25, 0.3) is 5.69 Å². The van der Waals surface area contributed by atoms with Gasteiger partial charge >= 0.3 is 0 Å². The zero-order valence-electron chi connectivity index (χ0n) is 17.4. The molecule has 0 spiro atoms. The number of para-hydroxylation sites is 1. The van der Waals surface area contributed by atoms with Crippen molar-refractivity contribution in [3.63, 3.8) is 0 Å². The molecule has 0 aliphatic carbocycles. The van der Waals surface area contributed by atoms with Gasteiger partial charge in [0, 0.05) is 18.8 Å². The van der Waals surface area contributed by atoms with E-state index in [-0.39, 0.29) is 22.0 Å². The summed E-state index contributed by atoms with van der Waals surface area (Å²) in [4.78, 5) is 17.3. The van der Waals surface area contributed by atoms with Crippen LogP contribution in [0.4, 0.5) is 5.69 Å². The molecule has 0 aliphatic heterocycles. The topological polar surface area (TPSA) is 105 Å². The zero-order valence-corrected chi connectivity index (χ0v) is 19.1. The second-order valence-electron chi connectivity index (χ2n) is 6.52. The van der Waals surface area contributed by atoms with Gasteiger partial charge in [-0.25, -0.2) is 13.4 Å². The van der Waals surface area contributed by atoms with Crippen molar-refractivity contribution in [3.8, 4) is 11.4 Å². The van der Waals surface area contributed by atoms with Crippen molar-refractivity contribution in [1.29, 1.82) is 0 Å². The molecule has 0 saturated carbocycles. The predicted molar refractivity (Wildman–Crippen MR) is 122 cm³/mol. The summed E-state index contributed by atoms with van der Waals surface area (Å²) in [5.74, 6) is -0.757. The molecule has 1 aromatic heterocycles. The lowest BCUT2D eigenvalue weighted by molar-refractivity contribution is 0.101. The van der Waals surface area contributed by atoms with Gasteiger partial charge in [0.05, 0.1) is 16.8 Å². The van der Waals surface area contributed by atoms with Crippen LogP contribution in [-0.4, -0.2) is 52.6 Å². The number of anilines is 1. The van der Waals surface area contributed by atoms with E-state index >= 15 is 0 Å². The Morgan fingerprint density at radius 1 is 1.16 bits per heavy atom. The first-order chi connectivity index (χ1) is 14.8. The molecular formula is C21H24N4O4S2. The van der Waals surface area contributed by atoms with Gasteiger partial charge < -0.3 is 10.4 Å². The molecule has 0 atom stereocenters. The minimum absolute atomic E-state index is 0.00439. The molecule has 2 N–H and O–H groups in total. The molecule has 3 rings (SSSR count). The maximum Gasteiger partial charge on any atom is 0.274 e. The number of aromatic nitrogens is 2. The first-order valence-corrected chi connectivity index (χ1v) is 12.3. The summed E-state index contributed by atoms with van der Waals surface area (Å²) in [6, 6.07) is 13.1. The molecule has 8 nitrogen and oxygen atoms in total. The number of rotatable bonds is 8. The lowest BCUT2D eigenvalue weighted by Gasteiger charge is -2.19. The number of carbonyl (C=O) groups is 1. The van der Waals surface area contributed by atoms with Crippen LogP contribution in [0.2, 0.25) is 0 Å². The minimum atomic E-state index is -3.74. The van der Waals surface area contributed by atoms with Crippen molar-refractivity contribution in [1.82, 2.24) is 13.9 Å². The van der Waals surface area contributed by atoms with Crippen molar-refractivity contribution in [3.05, 3.63) is 60.4 Å². The monoisotopic (exact) mass is 460 g/mol. The van der Waals surface area contributed by atoms with Gasteiger partial charge in [-0.05, 0) is 36.6 Å². The smallest absolute Gasteiger partial charge is 0.274 e. The number of carbonyl (C=O) groups excluding carboxylic acids is 1.